The summed E-state index contributed by atoms with van der Waals surface area (Å²) in [5, 5.41) is 7.63. The number of amides is 2. The number of nitrogens with one attached hydrogen (secondary N) is 2. The van der Waals surface area contributed by atoms with Gasteiger partial charge in [0.2, 0.25) is 0 Å². The smallest absolute Gasteiger partial charge is 0.251 e. The van der Waals surface area contributed by atoms with Gasteiger partial charge in [-0.25, -0.2) is 0 Å². The molecule has 2 amide bonds. The molecule has 2 N–H and O–H groups in total. The van der Waals surface area contributed by atoms with E-state index in [-0.39, 0.29) is 11.8 Å². The highest BCUT2D eigenvalue weighted by Crippen LogP contribution is 2.20. The first kappa shape index (κ1) is 27.1. The van der Waals surface area contributed by atoms with E-state index in [0.29, 0.717) is 44.3 Å². The normalized spacial score (nSPS) is 14.7. The highest BCUT2D eigenvalue weighted by Gasteiger charge is 2.16. The van der Waals surface area contributed by atoms with E-state index in [1.54, 1.807) is 36.4 Å². The minimum Gasteiger partial charge on any atom is -0.352 e. The zero-order chi connectivity index (χ0) is 24.5. The minimum absolute atomic E-state index is 0.167. The Hall–Kier alpha value is -1.54. The summed E-state index contributed by atoms with van der Waals surface area (Å²) in [6.07, 6.45) is 1.75. The summed E-state index contributed by atoms with van der Waals surface area (Å²) in [6.45, 7) is 7.03. The van der Waals surface area contributed by atoms with Crippen LogP contribution in [-0.2, 0) is 0 Å². The van der Waals surface area contributed by atoms with Gasteiger partial charge in [0, 0.05) is 70.5 Å². The van der Waals surface area contributed by atoms with Crippen LogP contribution < -0.4 is 10.6 Å². The first-order valence-corrected chi connectivity index (χ1v) is 12.7. The topological polar surface area (TPSA) is 64.7 Å². The van der Waals surface area contributed by atoms with Gasteiger partial charge in [-0.05, 0) is 62.3 Å². The summed E-state index contributed by atoms with van der Waals surface area (Å²) >= 11 is 23.8. The predicted molar refractivity (Wildman–Crippen MR) is 140 cm³/mol. The number of benzene rings is 2. The molecule has 0 radical (unpaired) electrons. The quantitative estimate of drug-likeness (QED) is 0.418. The van der Waals surface area contributed by atoms with E-state index in [9.17, 15) is 9.59 Å². The Morgan fingerprint density at radius 3 is 1.26 bits per heavy atom. The highest BCUT2D eigenvalue weighted by atomic mass is 35.5. The fourth-order valence-corrected chi connectivity index (χ4v) is 4.87. The summed E-state index contributed by atoms with van der Waals surface area (Å²) in [5.74, 6) is -0.334. The van der Waals surface area contributed by atoms with Crippen LogP contribution >= 0.6 is 46.4 Å². The van der Waals surface area contributed by atoms with Crippen LogP contribution in [0.3, 0.4) is 0 Å². The van der Waals surface area contributed by atoms with Crippen LogP contribution in [0.25, 0.3) is 0 Å². The van der Waals surface area contributed by atoms with Crippen molar-refractivity contribution in [3.8, 4) is 0 Å². The fourth-order valence-electron chi connectivity index (χ4n) is 3.82. The van der Waals surface area contributed by atoms with E-state index in [1.807, 2.05) is 0 Å². The molecule has 1 aliphatic heterocycles. The number of hydrogen-bond donors (Lipinski definition) is 2. The molecule has 34 heavy (non-hydrogen) atoms. The zero-order valence-electron chi connectivity index (χ0n) is 18.8. The average Bonchev–Trinajstić information content (AvgIpc) is 2.79. The van der Waals surface area contributed by atoms with Gasteiger partial charge in [0.25, 0.3) is 11.8 Å². The maximum absolute atomic E-state index is 12.2. The third-order valence-electron chi connectivity index (χ3n) is 5.59. The average molecular weight is 546 g/mol. The molecule has 3 rings (SSSR count). The lowest BCUT2D eigenvalue weighted by molar-refractivity contribution is 0.0935. The zero-order valence-corrected chi connectivity index (χ0v) is 21.8. The van der Waals surface area contributed by atoms with Crippen molar-refractivity contribution in [3.05, 3.63) is 67.6 Å². The molecule has 184 valence electrons. The van der Waals surface area contributed by atoms with Crippen molar-refractivity contribution >= 4 is 58.2 Å². The van der Waals surface area contributed by atoms with E-state index >= 15 is 0 Å². The second-order valence-corrected chi connectivity index (χ2v) is 9.96. The third-order valence-corrected chi connectivity index (χ3v) is 6.46. The number of hydrogen-bond acceptors (Lipinski definition) is 4. The molecule has 0 spiro atoms. The second kappa shape index (κ2) is 13.5. The molecule has 0 saturated carbocycles. The molecule has 0 aromatic heterocycles. The number of piperazine rings is 1. The maximum Gasteiger partial charge on any atom is 0.251 e. The lowest BCUT2D eigenvalue weighted by Crippen LogP contribution is -2.47. The summed E-state index contributed by atoms with van der Waals surface area (Å²) < 4.78 is 0. The predicted octanol–water partition coefficient (Wildman–Crippen LogP) is 4.86. The van der Waals surface area contributed by atoms with Crippen molar-refractivity contribution < 1.29 is 9.59 Å². The monoisotopic (exact) mass is 544 g/mol. The first-order valence-electron chi connectivity index (χ1n) is 11.2. The van der Waals surface area contributed by atoms with Gasteiger partial charge >= 0.3 is 0 Å². The first-order chi connectivity index (χ1) is 16.3. The molecule has 1 fully saturated rings. The summed E-state index contributed by atoms with van der Waals surface area (Å²) in [7, 11) is 0. The number of halogens is 4. The molecule has 0 atom stereocenters. The molecule has 0 aliphatic carbocycles. The van der Waals surface area contributed by atoms with Crippen molar-refractivity contribution in [3.63, 3.8) is 0 Å². The Kier molecular flexibility index (Phi) is 10.8. The van der Waals surface area contributed by atoms with Gasteiger partial charge in [0.05, 0.1) is 0 Å². The van der Waals surface area contributed by atoms with Crippen LogP contribution in [0.2, 0.25) is 20.1 Å². The highest BCUT2D eigenvalue weighted by molar-refractivity contribution is 6.35. The van der Waals surface area contributed by atoms with Crippen molar-refractivity contribution in [2.24, 2.45) is 0 Å². The van der Waals surface area contributed by atoms with Crippen molar-refractivity contribution in [2.75, 3.05) is 52.4 Å². The third kappa shape index (κ3) is 8.91. The van der Waals surface area contributed by atoms with Gasteiger partial charge in [-0.2, -0.15) is 0 Å². The van der Waals surface area contributed by atoms with E-state index in [2.05, 4.69) is 20.4 Å². The number of rotatable bonds is 10. The van der Waals surface area contributed by atoms with E-state index in [1.165, 1.54) is 0 Å². The van der Waals surface area contributed by atoms with Crippen molar-refractivity contribution in [1.82, 2.24) is 20.4 Å². The van der Waals surface area contributed by atoms with Gasteiger partial charge in [0.1, 0.15) is 0 Å². The van der Waals surface area contributed by atoms with E-state index in [4.69, 9.17) is 46.4 Å². The molecule has 2 aromatic rings. The number of nitrogens with zero attached hydrogens (tertiary/aromatic N) is 2. The lowest BCUT2D eigenvalue weighted by Gasteiger charge is -2.34. The molecule has 10 heteroatoms. The molecule has 6 nitrogen and oxygen atoms in total. The molecular weight excluding hydrogens is 518 g/mol. The van der Waals surface area contributed by atoms with Crippen LogP contribution in [0.4, 0.5) is 0 Å². The molecular formula is C24H28Cl4N4O2. The van der Waals surface area contributed by atoms with Crippen LogP contribution in [-0.4, -0.2) is 74.0 Å². The van der Waals surface area contributed by atoms with Crippen LogP contribution in [0.15, 0.2) is 36.4 Å². The fraction of sp³-hybridized carbons (Fsp3) is 0.417. The molecule has 0 unspecified atom stereocenters. The van der Waals surface area contributed by atoms with E-state index in [0.717, 1.165) is 52.1 Å². The minimum atomic E-state index is -0.167. The molecule has 1 aliphatic rings. The number of carbonyl (C=O) groups excluding carboxylic acids is 2. The Morgan fingerprint density at radius 1 is 0.618 bits per heavy atom. The summed E-state index contributed by atoms with van der Waals surface area (Å²) in [5.41, 5.74) is 0.942. The Labute approximate surface area is 220 Å². The molecule has 1 saturated heterocycles. The number of carbonyl (C=O) groups is 2. The summed E-state index contributed by atoms with van der Waals surface area (Å²) in [4.78, 5) is 29.3. The Morgan fingerprint density at radius 2 is 0.941 bits per heavy atom. The van der Waals surface area contributed by atoms with Crippen molar-refractivity contribution in [2.45, 2.75) is 12.8 Å². The van der Waals surface area contributed by atoms with Gasteiger partial charge < -0.3 is 20.4 Å². The van der Waals surface area contributed by atoms with Gasteiger partial charge in [-0.15, -0.1) is 0 Å². The van der Waals surface area contributed by atoms with Crippen LogP contribution in [0, 0.1) is 0 Å². The SMILES string of the molecule is O=C(NCCCN1CCN(CCCNC(=O)c2cc(Cl)cc(Cl)c2)CC1)c1cc(Cl)cc(Cl)c1. The van der Waals surface area contributed by atoms with Gasteiger partial charge in [-0.3, -0.25) is 9.59 Å². The van der Waals surface area contributed by atoms with E-state index < -0.39 is 0 Å². The summed E-state index contributed by atoms with van der Waals surface area (Å²) in [6, 6.07) is 9.65. The molecule has 2 aromatic carbocycles. The molecule has 0 bridgehead atoms. The maximum atomic E-state index is 12.2. The van der Waals surface area contributed by atoms with Crippen molar-refractivity contribution in [1.29, 1.82) is 0 Å². The Balaban J connectivity index is 1.25. The van der Waals surface area contributed by atoms with Gasteiger partial charge in [0.15, 0.2) is 0 Å². The molecule has 1 heterocycles. The standard InChI is InChI=1S/C24H28Cl4N4O2/c25-19-11-17(12-20(26)15-19)23(33)29-3-1-5-31-7-9-32(10-8-31)6-2-4-30-24(34)18-13-21(27)16-22(28)14-18/h11-16H,1-10H2,(H,29,33)(H,30,34). The second-order valence-electron chi connectivity index (χ2n) is 8.22. The van der Waals surface area contributed by atoms with Gasteiger partial charge in [-0.1, -0.05) is 46.4 Å². The van der Waals surface area contributed by atoms with Crippen LogP contribution in [0.1, 0.15) is 33.6 Å². The van der Waals surface area contributed by atoms with Crippen LogP contribution in [0.5, 0.6) is 0 Å². The largest absolute Gasteiger partial charge is 0.352 e. The Bertz CT molecular complexity index is 877. The lowest BCUT2D eigenvalue weighted by atomic mass is 10.2.